The van der Waals surface area contributed by atoms with Gasteiger partial charge in [-0.25, -0.2) is 10.2 Å². The van der Waals surface area contributed by atoms with E-state index in [1.165, 1.54) is 0 Å². The fraction of sp³-hybridized carbons (Fsp3) is 0.667. The zero-order valence-electron chi connectivity index (χ0n) is 5.68. The molecule has 0 aromatic carbocycles. The van der Waals surface area contributed by atoms with E-state index in [2.05, 4.69) is 10.7 Å². The van der Waals surface area contributed by atoms with Crippen LogP contribution in [0.3, 0.4) is 0 Å². The molecule has 0 aromatic rings. The predicted molar refractivity (Wildman–Crippen MR) is 37.6 cm³/mol. The van der Waals surface area contributed by atoms with Gasteiger partial charge in [0.05, 0.1) is 0 Å². The monoisotopic (exact) mass is 141 g/mol. The molecule has 4 nitrogen and oxygen atoms in total. The molecule has 0 saturated carbocycles. The lowest BCUT2D eigenvalue weighted by Crippen LogP contribution is -2.50. The first kappa shape index (κ1) is 7.44. The molecule has 0 amide bonds. The van der Waals surface area contributed by atoms with Crippen molar-refractivity contribution < 1.29 is 4.79 Å². The zero-order chi connectivity index (χ0) is 7.40. The van der Waals surface area contributed by atoms with Crippen molar-refractivity contribution in [1.29, 1.82) is 0 Å². The molecule has 0 aliphatic carbocycles. The smallest absolute Gasteiger partial charge is 0.126 e. The van der Waals surface area contributed by atoms with Gasteiger partial charge in [0.1, 0.15) is 12.1 Å². The third-order valence-electron chi connectivity index (χ3n) is 1.62. The van der Waals surface area contributed by atoms with Crippen LogP contribution in [0.2, 0.25) is 0 Å². The van der Waals surface area contributed by atoms with Gasteiger partial charge >= 0.3 is 0 Å². The average molecular weight is 141 g/mol. The summed E-state index contributed by atoms with van der Waals surface area (Å²) in [5, 5.41) is 3.03. The highest BCUT2D eigenvalue weighted by molar-refractivity contribution is 5.54. The number of nitrogens with one attached hydrogen (secondary N) is 2. The molecule has 0 aromatic heterocycles. The van der Waals surface area contributed by atoms with Gasteiger partial charge in [-0.3, -0.25) is 11.2 Å². The Hall–Kier alpha value is -0.670. The fourth-order valence-electron chi connectivity index (χ4n) is 1.06. The van der Waals surface area contributed by atoms with Gasteiger partial charge in [0, 0.05) is 5.57 Å². The molecule has 4 N–H and O–H groups in total. The number of nitrogens with two attached hydrogens (primary N) is 1. The molecule has 1 unspecified atom stereocenters. The second-order valence-corrected chi connectivity index (χ2v) is 2.28. The third-order valence-corrected chi connectivity index (χ3v) is 1.62. The number of hydrazine groups is 1. The van der Waals surface area contributed by atoms with Gasteiger partial charge in [0.2, 0.25) is 0 Å². The summed E-state index contributed by atoms with van der Waals surface area (Å²) < 4.78 is 0. The fourth-order valence-corrected chi connectivity index (χ4v) is 1.06. The van der Waals surface area contributed by atoms with E-state index in [1.54, 1.807) is 0 Å². The zero-order valence-corrected chi connectivity index (χ0v) is 5.68. The second kappa shape index (κ2) is 3.49. The third kappa shape index (κ3) is 1.43. The molecule has 1 atom stereocenters. The van der Waals surface area contributed by atoms with Crippen LogP contribution in [0.15, 0.2) is 5.57 Å². The number of hydrogen-bond donors (Lipinski definition) is 3. The van der Waals surface area contributed by atoms with Crippen LogP contribution in [-0.4, -0.2) is 18.7 Å². The lowest BCUT2D eigenvalue weighted by molar-refractivity contribution is 0.428. The number of hydrogen-bond acceptors (Lipinski definition) is 4. The first-order valence-electron chi connectivity index (χ1n) is 3.32. The Bertz CT molecular complexity index is 162. The van der Waals surface area contributed by atoms with Crippen LogP contribution in [0.5, 0.6) is 0 Å². The molecule has 10 heavy (non-hydrogen) atoms. The Morgan fingerprint density at radius 3 is 3.10 bits per heavy atom. The maximum absolute atomic E-state index is 10.2. The lowest BCUT2D eigenvalue weighted by atomic mass is 10.1. The molecule has 56 valence electrons. The van der Waals surface area contributed by atoms with Crippen LogP contribution in [0, 0.1) is 0 Å². The molecule has 4 heteroatoms. The number of piperidine rings is 1. The van der Waals surface area contributed by atoms with Crippen molar-refractivity contribution in [3.05, 3.63) is 5.57 Å². The normalized spacial score (nSPS) is 26.1. The highest BCUT2D eigenvalue weighted by Gasteiger charge is 2.16. The molecular formula is C6H11N3O. The second-order valence-electron chi connectivity index (χ2n) is 2.28. The van der Waals surface area contributed by atoms with Crippen molar-refractivity contribution in [2.45, 2.75) is 19.0 Å². The average Bonchev–Trinajstić information content (AvgIpc) is 2.04. The van der Waals surface area contributed by atoms with Crippen molar-refractivity contribution in [3.8, 4) is 0 Å². The van der Waals surface area contributed by atoms with Crippen molar-refractivity contribution >= 4 is 5.94 Å². The molecule has 0 bridgehead atoms. The summed E-state index contributed by atoms with van der Waals surface area (Å²) in [6, 6.07) is 0. The van der Waals surface area contributed by atoms with Gasteiger partial charge in [0.15, 0.2) is 0 Å². The van der Waals surface area contributed by atoms with Crippen LogP contribution in [0.25, 0.3) is 0 Å². The molecule has 0 spiro atoms. The van der Waals surface area contributed by atoms with Crippen LogP contribution in [-0.2, 0) is 4.79 Å². The van der Waals surface area contributed by atoms with Gasteiger partial charge in [-0.1, -0.05) is 0 Å². The van der Waals surface area contributed by atoms with E-state index in [4.69, 9.17) is 5.84 Å². The number of rotatable bonds is 1. The van der Waals surface area contributed by atoms with E-state index in [9.17, 15) is 4.79 Å². The minimum Gasteiger partial charge on any atom is -0.297 e. The Morgan fingerprint density at radius 2 is 2.60 bits per heavy atom. The summed E-state index contributed by atoms with van der Waals surface area (Å²) in [6.07, 6.45) is 1.62. The van der Waals surface area contributed by atoms with Crippen LogP contribution >= 0.6 is 0 Å². The van der Waals surface area contributed by atoms with E-state index in [1.807, 2.05) is 5.94 Å². The molecular weight excluding hydrogens is 130 g/mol. The van der Waals surface area contributed by atoms with Gasteiger partial charge in [0.25, 0.3) is 0 Å². The molecule has 0 radical (unpaired) electrons. The van der Waals surface area contributed by atoms with Crippen molar-refractivity contribution in [2.24, 2.45) is 5.84 Å². The maximum Gasteiger partial charge on any atom is 0.126 e. The van der Waals surface area contributed by atoms with E-state index in [0.717, 1.165) is 19.4 Å². The topological polar surface area (TPSA) is 67.2 Å². The SMILES string of the molecule is NNC1NCCCC1=C=O. The van der Waals surface area contributed by atoms with Crippen LogP contribution < -0.4 is 16.6 Å². The van der Waals surface area contributed by atoms with Gasteiger partial charge < -0.3 is 0 Å². The lowest BCUT2D eigenvalue weighted by Gasteiger charge is -2.22. The molecule has 1 saturated heterocycles. The number of carbonyl (C=O) groups excluding carboxylic acids is 1. The summed E-state index contributed by atoms with van der Waals surface area (Å²) in [5.41, 5.74) is 3.18. The minimum atomic E-state index is -0.161. The molecule has 1 aliphatic rings. The van der Waals surface area contributed by atoms with Crippen molar-refractivity contribution in [3.63, 3.8) is 0 Å². The highest BCUT2D eigenvalue weighted by atomic mass is 16.1. The quantitative estimate of drug-likeness (QED) is 0.247. The molecule has 1 heterocycles. The van der Waals surface area contributed by atoms with E-state index in [0.29, 0.717) is 5.57 Å². The maximum atomic E-state index is 10.2. The Morgan fingerprint density at radius 1 is 1.80 bits per heavy atom. The Labute approximate surface area is 59.4 Å². The van der Waals surface area contributed by atoms with Crippen LogP contribution in [0.1, 0.15) is 12.8 Å². The standard InChI is InChI=1S/C6H11N3O/c7-9-6-5(4-10)2-1-3-8-6/h6,8-9H,1-3,7H2. The van der Waals surface area contributed by atoms with E-state index >= 15 is 0 Å². The minimum absolute atomic E-state index is 0.161. The largest absolute Gasteiger partial charge is 0.297 e. The highest BCUT2D eigenvalue weighted by Crippen LogP contribution is 2.08. The van der Waals surface area contributed by atoms with Crippen molar-refractivity contribution in [2.75, 3.05) is 6.54 Å². The summed E-state index contributed by atoms with van der Waals surface area (Å²) >= 11 is 0. The Balaban J connectivity index is 2.59. The first-order chi connectivity index (χ1) is 4.88. The van der Waals surface area contributed by atoms with E-state index in [-0.39, 0.29) is 6.17 Å². The first-order valence-corrected chi connectivity index (χ1v) is 3.32. The van der Waals surface area contributed by atoms with Crippen molar-refractivity contribution in [1.82, 2.24) is 10.7 Å². The van der Waals surface area contributed by atoms with Crippen LogP contribution in [0.4, 0.5) is 0 Å². The molecule has 1 rings (SSSR count). The van der Waals surface area contributed by atoms with Gasteiger partial charge in [-0.05, 0) is 19.4 Å². The van der Waals surface area contributed by atoms with Gasteiger partial charge in [-0.15, -0.1) is 0 Å². The van der Waals surface area contributed by atoms with E-state index < -0.39 is 0 Å². The summed E-state index contributed by atoms with van der Waals surface area (Å²) in [7, 11) is 0. The molecule has 1 fully saturated rings. The molecule has 1 aliphatic heterocycles. The summed E-state index contributed by atoms with van der Waals surface area (Å²) in [6.45, 7) is 0.903. The summed E-state index contributed by atoms with van der Waals surface area (Å²) in [5.74, 6) is 7.02. The predicted octanol–water partition coefficient (Wildman–Crippen LogP) is -1.08. The van der Waals surface area contributed by atoms with Gasteiger partial charge in [-0.2, -0.15) is 0 Å². The Kier molecular flexibility index (Phi) is 2.59. The summed E-state index contributed by atoms with van der Waals surface area (Å²) in [4.78, 5) is 10.2.